The van der Waals surface area contributed by atoms with Crippen molar-refractivity contribution < 1.29 is 4.79 Å². The molecule has 1 aliphatic carbocycles. The lowest BCUT2D eigenvalue weighted by atomic mass is 9.85. The van der Waals surface area contributed by atoms with Crippen LogP contribution in [-0.4, -0.2) is 19.0 Å². The highest BCUT2D eigenvalue weighted by molar-refractivity contribution is 5.95. The number of rotatable bonds is 3. The Hall–Kier alpha value is -1.51. The minimum atomic E-state index is 0.0756. The first-order chi connectivity index (χ1) is 8.33. The number of fused-ring (bicyclic) bond motifs is 1. The lowest BCUT2D eigenvalue weighted by Gasteiger charge is -2.25. The van der Waals surface area contributed by atoms with Gasteiger partial charge in [-0.2, -0.15) is 0 Å². The fourth-order valence-corrected chi connectivity index (χ4v) is 2.48. The predicted octanol–water partition coefficient (Wildman–Crippen LogP) is 2.18. The van der Waals surface area contributed by atoms with E-state index in [0.29, 0.717) is 0 Å². The van der Waals surface area contributed by atoms with Crippen molar-refractivity contribution in [2.75, 3.05) is 18.4 Å². The molecule has 1 heterocycles. The van der Waals surface area contributed by atoms with Crippen molar-refractivity contribution in [1.29, 1.82) is 0 Å². The third-order valence-corrected chi connectivity index (χ3v) is 3.85. The number of anilines is 1. The zero-order valence-electron chi connectivity index (χ0n) is 9.96. The zero-order valence-corrected chi connectivity index (χ0v) is 9.96. The molecule has 0 atom stereocenters. The highest BCUT2D eigenvalue weighted by Crippen LogP contribution is 2.26. The number of carbonyl (C=O) groups excluding carboxylic acids is 1. The normalized spacial score (nSPS) is 18.1. The summed E-state index contributed by atoms with van der Waals surface area (Å²) >= 11 is 0. The Bertz CT molecular complexity index is 438. The van der Waals surface area contributed by atoms with Crippen LogP contribution in [0, 0.1) is 5.92 Å². The molecule has 1 saturated carbocycles. The van der Waals surface area contributed by atoms with Crippen molar-refractivity contribution in [3.05, 3.63) is 29.3 Å². The molecule has 3 heteroatoms. The Morgan fingerprint density at radius 2 is 2.29 bits per heavy atom. The lowest BCUT2D eigenvalue weighted by molar-refractivity contribution is 0.0939. The minimum absolute atomic E-state index is 0.0756. The van der Waals surface area contributed by atoms with Crippen LogP contribution in [-0.2, 0) is 6.42 Å². The second-order valence-electron chi connectivity index (χ2n) is 5.06. The second kappa shape index (κ2) is 4.40. The SMILES string of the molecule is O=C(NCC1CCC1)c1ccc2c(c1)CCN2. The molecule has 0 unspecified atom stereocenters. The molecule has 0 spiro atoms. The average Bonchev–Trinajstić information content (AvgIpc) is 2.73. The van der Waals surface area contributed by atoms with Gasteiger partial charge < -0.3 is 10.6 Å². The maximum atomic E-state index is 12.0. The largest absolute Gasteiger partial charge is 0.384 e. The second-order valence-corrected chi connectivity index (χ2v) is 5.06. The van der Waals surface area contributed by atoms with Gasteiger partial charge in [-0.25, -0.2) is 0 Å². The van der Waals surface area contributed by atoms with Crippen molar-refractivity contribution in [1.82, 2.24) is 5.32 Å². The number of hydrogen-bond donors (Lipinski definition) is 2. The molecule has 3 nitrogen and oxygen atoms in total. The first-order valence-electron chi connectivity index (χ1n) is 6.48. The summed E-state index contributed by atoms with van der Waals surface area (Å²) in [7, 11) is 0. The van der Waals surface area contributed by atoms with Gasteiger partial charge in [-0.1, -0.05) is 6.42 Å². The van der Waals surface area contributed by atoms with Gasteiger partial charge in [-0.15, -0.1) is 0 Å². The molecule has 2 aliphatic rings. The van der Waals surface area contributed by atoms with Gasteiger partial charge in [-0.3, -0.25) is 4.79 Å². The number of carbonyl (C=O) groups is 1. The van der Waals surface area contributed by atoms with Gasteiger partial charge in [0.05, 0.1) is 0 Å². The van der Waals surface area contributed by atoms with E-state index in [2.05, 4.69) is 10.6 Å². The Balaban J connectivity index is 1.64. The molecular formula is C14H18N2O. The summed E-state index contributed by atoms with van der Waals surface area (Å²) in [6.07, 6.45) is 4.90. The number of nitrogens with one attached hydrogen (secondary N) is 2. The van der Waals surface area contributed by atoms with E-state index >= 15 is 0 Å². The molecule has 1 aromatic carbocycles. The van der Waals surface area contributed by atoms with Crippen LogP contribution >= 0.6 is 0 Å². The van der Waals surface area contributed by atoms with E-state index in [1.165, 1.54) is 30.5 Å². The van der Waals surface area contributed by atoms with Gasteiger partial charge in [-0.05, 0) is 48.9 Å². The number of amides is 1. The van der Waals surface area contributed by atoms with Crippen LogP contribution in [0.15, 0.2) is 18.2 Å². The van der Waals surface area contributed by atoms with E-state index in [9.17, 15) is 4.79 Å². The van der Waals surface area contributed by atoms with Crippen LogP contribution in [0.3, 0.4) is 0 Å². The molecule has 0 aromatic heterocycles. The van der Waals surface area contributed by atoms with Gasteiger partial charge >= 0.3 is 0 Å². The molecule has 0 bridgehead atoms. The van der Waals surface area contributed by atoms with Crippen molar-refractivity contribution in [3.8, 4) is 0 Å². The number of hydrogen-bond acceptors (Lipinski definition) is 2. The molecule has 0 radical (unpaired) electrons. The Morgan fingerprint density at radius 3 is 3.06 bits per heavy atom. The Labute approximate surface area is 102 Å². The van der Waals surface area contributed by atoms with Crippen LogP contribution < -0.4 is 10.6 Å². The van der Waals surface area contributed by atoms with Crippen LogP contribution in [0.1, 0.15) is 35.2 Å². The highest BCUT2D eigenvalue weighted by atomic mass is 16.1. The average molecular weight is 230 g/mol. The molecule has 2 N–H and O–H groups in total. The smallest absolute Gasteiger partial charge is 0.251 e. The van der Waals surface area contributed by atoms with E-state index in [1.54, 1.807) is 0 Å². The molecule has 1 fully saturated rings. The quantitative estimate of drug-likeness (QED) is 0.835. The van der Waals surface area contributed by atoms with E-state index in [4.69, 9.17) is 0 Å². The van der Waals surface area contributed by atoms with Crippen molar-refractivity contribution in [2.24, 2.45) is 5.92 Å². The molecule has 17 heavy (non-hydrogen) atoms. The summed E-state index contributed by atoms with van der Waals surface area (Å²) in [5.74, 6) is 0.793. The standard InChI is InChI=1S/C14H18N2O/c17-14(16-9-10-2-1-3-10)12-4-5-13-11(8-12)6-7-15-13/h4-5,8,10,15H,1-3,6-7,9H2,(H,16,17). The van der Waals surface area contributed by atoms with Gasteiger partial charge in [0.15, 0.2) is 0 Å². The highest BCUT2D eigenvalue weighted by Gasteiger charge is 2.19. The zero-order chi connectivity index (χ0) is 11.7. The summed E-state index contributed by atoms with van der Waals surface area (Å²) in [5, 5.41) is 6.34. The monoisotopic (exact) mass is 230 g/mol. The fraction of sp³-hybridized carbons (Fsp3) is 0.500. The van der Waals surface area contributed by atoms with Crippen molar-refractivity contribution in [2.45, 2.75) is 25.7 Å². The third kappa shape index (κ3) is 2.14. The summed E-state index contributed by atoms with van der Waals surface area (Å²) in [4.78, 5) is 12.0. The van der Waals surface area contributed by atoms with E-state index in [1.807, 2.05) is 18.2 Å². The molecule has 1 aliphatic heterocycles. The van der Waals surface area contributed by atoms with E-state index in [0.717, 1.165) is 31.0 Å². The molecule has 90 valence electrons. The summed E-state index contributed by atoms with van der Waals surface area (Å²) in [6, 6.07) is 5.94. The maximum Gasteiger partial charge on any atom is 0.251 e. The fourth-order valence-electron chi connectivity index (χ4n) is 2.48. The van der Waals surface area contributed by atoms with Gasteiger partial charge in [0.2, 0.25) is 0 Å². The van der Waals surface area contributed by atoms with Crippen LogP contribution in [0.5, 0.6) is 0 Å². The summed E-state index contributed by atoms with van der Waals surface area (Å²) < 4.78 is 0. The van der Waals surface area contributed by atoms with Crippen LogP contribution in [0.4, 0.5) is 5.69 Å². The topological polar surface area (TPSA) is 41.1 Å². The molecular weight excluding hydrogens is 212 g/mol. The van der Waals surface area contributed by atoms with Gasteiger partial charge in [0, 0.05) is 24.3 Å². The summed E-state index contributed by atoms with van der Waals surface area (Å²) in [5.41, 5.74) is 3.24. The molecule has 1 aromatic rings. The van der Waals surface area contributed by atoms with Crippen molar-refractivity contribution in [3.63, 3.8) is 0 Å². The molecule has 3 rings (SSSR count). The maximum absolute atomic E-state index is 12.0. The molecule has 0 saturated heterocycles. The summed E-state index contributed by atoms with van der Waals surface area (Å²) in [6.45, 7) is 1.83. The van der Waals surface area contributed by atoms with E-state index < -0.39 is 0 Å². The van der Waals surface area contributed by atoms with Crippen LogP contribution in [0.2, 0.25) is 0 Å². The first-order valence-corrected chi connectivity index (χ1v) is 6.48. The van der Waals surface area contributed by atoms with Gasteiger partial charge in [0.25, 0.3) is 5.91 Å². The third-order valence-electron chi connectivity index (χ3n) is 3.85. The Morgan fingerprint density at radius 1 is 1.41 bits per heavy atom. The number of benzene rings is 1. The lowest BCUT2D eigenvalue weighted by Crippen LogP contribution is -2.32. The van der Waals surface area contributed by atoms with E-state index in [-0.39, 0.29) is 5.91 Å². The Kier molecular flexibility index (Phi) is 2.75. The molecule has 1 amide bonds. The van der Waals surface area contributed by atoms with Gasteiger partial charge in [0.1, 0.15) is 0 Å². The first kappa shape index (κ1) is 10.6. The predicted molar refractivity (Wildman–Crippen MR) is 68.3 cm³/mol. The minimum Gasteiger partial charge on any atom is -0.384 e. The van der Waals surface area contributed by atoms with Crippen LogP contribution in [0.25, 0.3) is 0 Å². The van der Waals surface area contributed by atoms with Crippen molar-refractivity contribution >= 4 is 11.6 Å².